The number of nitrogens with one attached hydrogen (secondary N) is 1. The Morgan fingerprint density at radius 1 is 1.17 bits per heavy atom. The molecule has 5 nitrogen and oxygen atoms in total. The van der Waals surface area contributed by atoms with E-state index in [0.29, 0.717) is 10.0 Å². The number of aliphatic hydroxyl groups excluding tert-OH is 1. The Morgan fingerprint density at radius 3 is 2.58 bits per heavy atom. The van der Waals surface area contributed by atoms with Crippen LogP contribution in [-0.2, 0) is 0 Å². The van der Waals surface area contributed by atoms with Crippen molar-refractivity contribution in [2.45, 2.75) is 12.8 Å². The molecule has 2 N–H and O–H groups in total. The predicted molar refractivity (Wildman–Crippen MR) is 98.9 cm³/mol. The van der Waals surface area contributed by atoms with Gasteiger partial charge in [0.05, 0.1) is 27.5 Å². The Kier molecular flexibility index (Phi) is 5.23. The van der Waals surface area contributed by atoms with Gasteiger partial charge in [-0.05, 0) is 31.0 Å². The molecular formula is C17H18Cl2N4O. The first-order valence-electron chi connectivity index (χ1n) is 7.71. The first kappa shape index (κ1) is 17.0. The second-order valence-corrected chi connectivity index (χ2v) is 6.25. The van der Waals surface area contributed by atoms with Crippen LogP contribution in [0.4, 0.5) is 5.69 Å². The Balaban J connectivity index is 0.000000815. The molecule has 1 aliphatic rings. The molecule has 1 aromatic carbocycles. The highest BCUT2D eigenvalue weighted by Crippen LogP contribution is 2.38. The van der Waals surface area contributed by atoms with Gasteiger partial charge in [0.25, 0.3) is 0 Å². The molecule has 2 aromatic heterocycles. The monoisotopic (exact) mass is 364 g/mol. The number of aromatic amines is 1. The summed E-state index contributed by atoms with van der Waals surface area (Å²) in [5.74, 6) is 0. The van der Waals surface area contributed by atoms with Crippen molar-refractivity contribution in [3.63, 3.8) is 0 Å². The lowest BCUT2D eigenvalue weighted by atomic mass is 10.1. The van der Waals surface area contributed by atoms with E-state index >= 15 is 0 Å². The van der Waals surface area contributed by atoms with Crippen LogP contribution in [0.1, 0.15) is 12.8 Å². The fourth-order valence-electron chi connectivity index (χ4n) is 2.97. The molecule has 1 fully saturated rings. The van der Waals surface area contributed by atoms with E-state index in [0.717, 1.165) is 48.0 Å². The number of aliphatic hydroxyl groups is 1. The van der Waals surface area contributed by atoms with Crippen LogP contribution >= 0.6 is 23.2 Å². The van der Waals surface area contributed by atoms with Gasteiger partial charge in [-0.25, -0.2) is 4.98 Å². The summed E-state index contributed by atoms with van der Waals surface area (Å²) < 4.78 is 0. The largest absolute Gasteiger partial charge is 0.400 e. The molecule has 0 radical (unpaired) electrons. The number of H-pyrrole nitrogens is 1. The lowest BCUT2D eigenvalue weighted by Gasteiger charge is -2.21. The minimum atomic E-state index is 0.505. The van der Waals surface area contributed by atoms with Gasteiger partial charge in [-0.3, -0.25) is 5.10 Å². The standard InChI is InChI=1S/C16H14Cl2N4.CH4O/c17-12-4-3-11-14(22-5-1-2-6-22)7-13(10-8-19-20-9-10)21-16(11)15(12)18;1-2/h3-4,7-9H,1-2,5-6H2,(H,19,20);2H,1H3. The molecule has 3 heterocycles. The van der Waals surface area contributed by atoms with E-state index in [2.05, 4.69) is 21.2 Å². The molecule has 0 atom stereocenters. The Bertz CT molecular complexity index is 830. The van der Waals surface area contributed by atoms with Gasteiger partial charge in [-0.1, -0.05) is 23.2 Å². The second kappa shape index (κ2) is 7.38. The van der Waals surface area contributed by atoms with Crippen molar-refractivity contribution in [1.82, 2.24) is 15.2 Å². The quantitative estimate of drug-likeness (QED) is 0.716. The first-order valence-corrected chi connectivity index (χ1v) is 8.47. The lowest BCUT2D eigenvalue weighted by molar-refractivity contribution is 0.399. The van der Waals surface area contributed by atoms with Crippen LogP contribution in [0.25, 0.3) is 22.2 Å². The average Bonchev–Trinajstić information content (AvgIpc) is 3.33. The number of fused-ring (bicyclic) bond motifs is 1. The summed E-state index contributed by atoms with van der Waals surface area (Å²) in [7, 11) is 1.00. The van der Waals surface area contributed by atoms with Gasteiger partial charge in [0.15, 0.2) is 0 Å². The maximum Gasteiger partial charge on any atom is 0.0931 e. The van der Waals surface area contributed by atoms with Crippen molar-refractivity contribution in [3.05, 3.63) is 40.6 Å². The van der Waals surface area contributed by atoms with E-state index in [1.807, 2.05) is 18.3 Å². The van der Waals surface area contributed by atoms with Crippen molar-refractivity contribution in [1.29, 1.82) is 0 Å². The third-order valence-corrected chi connectivity index (χ3v) is 4.89. The molecule has 0 bridgehead atoms. The molecule has 1 saturated heterocycles. The van der Waals surface area contributed by atoms with Crippen molar-refractivity contribution in [3.8, 4) is 11.3 Å². The number of hydrogen-bond acceptors (Lipinski definition) is 4. The summed E-state index contributed by atoms with van der Waals surface area (Å²) in [6.07, 6.45) is 6.03. The zero-order valence-electron chi connectivity index (χ0n) is 13.3. The summed E-state index contributed by atoms with van der Waals surface area (Å²) in [6, 6.07) is 5.96. The number of nitrogens with zero attached hydrogens (tertiary/aromatic N) is 3. The topological polar surface area (TPSA) is 65.0 Å². The van der Waals surface area contributed by atoms with Crippen LogP contribution in [0, 0.1) is 0 Å². The summed E-state index contributed by atoms with van der Waals surface area (Å²) in [4.78, 5) is 7.09. The number of rotatable bonds is 2. The van der Waals surface area contributed by atoms with Crippen LogP contribution in [0.15, 0.2) is 30.6 Å². The highest BCUT2D eigenvalue weighted by atomic mass is 35.5. The van der Waals surface area contributed by atoms with E-state index in [4.69, 9.17) is 33.3 Å². The van der Waals surface area contributed by atoms with E-state index in [9.17, 15) is 0 Å². The van der Waals surface area contributed by atoms with Gasteiger partial charge in [0, 0.05) is 43.0 Å². The summed E-state index contributed by atoms with van der Waals surface area (Å²) in [5, 5.41) is 15.9. The molecule has 1 aliphatic heterocycles. The van der Waals surface area contributed by atoms with E-state index < -0.39 is 0 Å². The molecule has 0 aliphatic carbocycles. The van der Waals surface area contributed by atoms with Crippen LogP contribution in [0.3, 0.4) is 0 Å². The molecule has 7 heteroatoms. The van der Waals surface area contributed by atoms with Crippen molar-refractivity contribution < 1.29 is 5.11 Å². The fraction of sp³-hybridized carbons (Fsp3) is 0.294. The molecule has 0 amide bonds. The van der Waals surface area contributed by atoms with Gasteiger partial charge in [0.1, 0.15) is 0 Å². The lowest BCUT2D eigenvalue weighted by Crippen LogP contribution is -2.18. The predicted octanol–water partition coefficient (Wildman–Crippen LogP) is 4.14. The summed E-state index contributed by atoms with van der Waals surface area (Å²) >= 11 is 12.6. The van der Waals surface area contributed by atoms with Crippen molar-refractivity contribution in [2.24, 2.45) is 0 Å². The van der Waals surface area contributed by atoms with Gasteiger partial charge in [-0.2, -0.15) is 5.10 Å². The minimum Gasteiger partial charge on any atom is -0.400 e. The minimum absolute atomic E-state index is 0.505. The molecule has 3 aromatic rings. The maximum absolute atomic E-state index is 7.00. The second-order valence-electron chi connectivity index (χ2n) is 5.47. The van der Waals surface area contributed by atoms with Crippen LogP contribution in [0.2, 0.25) is 10.0 Å². The number of pyridine rings is 1. The summed E-state index contributed by atoms with van der Waals surface area (Å²) in [5.41, 5.74) is 3.71. The zero-order chi connectivity index (χ0) is 17.1. The average molecular weight is 365 g/mol. The molecule has 4 rings (SSSR count). The normalized spacial score (nSPS) is 13.9. The number of anilines is 1. The molecule has 0 unspecified atom stereocenters. The first-order chi connectivity index (χ1) is 11.7. The molecule has 0 saturated carbocycles. The summed E-state index contributed by atoms with van der Waals surface area (Å²) in [6.45, 7) is 2.12. The maximum atomic E-state index is 7.00. The number of hydrogen-bond donors (Lipinski definition) is 2. The number of benzene rings is 1. The van der Waals surface area contributed by atoms with Crippen molar-refractivity contribution in [2.75, 3.05) is 25.1 Å². The zero-order valence-corrected chi connectivity index (χ0v) is 14.8. The highest BCUT2D eigenvalue weighted by Gasteiger charge is 2.19. The molecule has 24 heavy (non-hydrogen) atoms. The SMILES string of the molecule is CO.Clc1ccc2c(N3CCCC3)cc(-c3cn[nH]c3)nc2c1Cl. The van der Waals surface area contributed by atoms with Gasteiger partial charge >= 0.3 is 0 Å². The Hall–Kier alpha value is -1.82. The van der Waals surface area contributed by atoms with Gasteiger partial charge < -0.3 is 10.0 Å². The van der Waals surface area contributed by atoms with E-state index in [1.165, 1.54) is 12.8 Å². The Morgan fingerprint density at radius 2 is 1.92 bits per heavy atom. The third kappa shape index (κ3) is 3.07. The Labute approximate surface area is 150 Å². The number of halogens is 2. The van der Waals surface area contributed by atoms with Crippen molar-refractivity contribution >= 4 is 39.8 Å². The molecule has 0 spiro atoms. The number of aromatic nitrogens is 3. The van der Waals surface area contributed by atoms with Gasteiger partial charge in [-0.15, -0.1) is 0 Å². The van der Waals surface area contributed by atoms with E-state index in [-0.39, 0.29) is 0 Å². The van der Waals surface area contributed by atoms with Crippen LogP contribution < -0.4 is 4.90 Å². The van der Waals surface area contributed by atoms with Gasteiger partial charge in [0.2, 0.25) is 0 Å². The third-order valence-electron chi connectivity index (χ3n) is 4.09. The molecular weight excluding hydrogens is 347 g/mol. The van der Waals surface area contributed by atoms with Crippen LogP contribution in [-0.4, -0.2) is 40.5 Å². The smallest absolute Gasteiger partial charge is 0.0931 e. The molecule has 126 valence electrons. The van der Waals surface area contributed by atoms with E-state index in [1.54, 1.807) is 6.20 Å². The fourth-order valence-corrected chi connectivity index (χ4v) is 3.33. The highest BCUT2D eigenvalue weighted by molar-refractivity contribution is 6.45. The van der Waals surface area contributed by atoms with Crippen LogP contribution in [0.5, 0.6) is 0 Å².